The lowest BCUT2D eigenvalue weighted by Gasteiger charge is -2.04. The van der Waals surface area contributed by atoms with E-state index in [-0.39, 0.29) is 22.6 Å². The van der Waals surface area contributed by atoms with Crippen LogP contribution in [0.3, 0.4) is 0 Å². The van der Waals surface area contributed by atoms with Crippen molar-refractivity contribution in [1.29, 1.82) is 0 Å². The van der Waals surface area contributed by atoms with Gasteiger partial charge in [0.25, 0.3) is 0 Å². The average molecular weight is 460 g/mol. The molecule has 0 saturated heterocycles. The highest BCUT2D eigenvalue weighted by Gasteiger charge is 2.23. The molecule has 1 amide bonds. The Hall–Kier alpha value is -2.67. The van der Waals surface area contributed by atoms with Gasteiger partial charge in [0.2, 0.25) is 5.82 Å². The van der Waals surface area contributed by atoms with Gasteiger partial charge >= 0.3 is 11.8 Å². The Kier molecular flexibility index (Phi) is 5.91. The molecule has 142 valence electrons. The monoisotopic (exact) mass is 459 g/mol. The lowest BCUT2D eigenvalue weighted by molar-refractivity contribution is 0.157. The van der Waals surface area contributed by atoms with E-state index in [1.165, 1.54) is 30.0 Å². The lowest BCUT2D eigenvalue weighted by atomic mass is 10.3. The maximum Gasteiger partial charge on any atom is 0.446 e. The molecule has 13 heteroatoms. The lowest BCUT2D eigenvalue weighted by Crippen LogP contribution is -2.14. The van der Waals surface area contributed by atoms with E-state index >= 15 is 0 Å². The summed E-state index contributed by atoms with van der Waals surface area (Å²) in [7, 11) is 0. The number of ether oxygens (including phenoxy) is 1. The Labute approximate surface area is 162 Å². The van der Waals surface area contributed by atoms with Crippen molar-refractivity contribution in [2.75, 3.05) is 12.4 Å². The predicted octanol–water partition coefficient (Wildman–Crippen LogP) is 2.35. The fourth-order valence-corrected chi connectivity index (χ4v) is 3.24. The van der Waals surface area contributed by atoms with Gasteiger partial charge in [-0.15, -0.1) is 11.8 Å². The van der Waals surface area contributed by atoms with E-state index < -0.39 is 17.7 Å². The first-order valence-corrected chi connectivity index (χ1v) is 9.17. The summed E-state index contributed by atoms with van der Waals surface area (Å²) in [5, 5.41) is 11.6. The zero-order valence-corrected chi connectivity index (χ0v) is 15.8. The van der Waals surface area contributed by atoms with Gasteiger partial charge in [-0.1, -0.05) is 5.16 Å². The largest absolute Gasteiger partial charge is 0.450 e. The zero-order valence-electron chi connectivity index (χ0n) is 13.4. The van der Waals surface area contributed by atoms with Crippen LogP contribution in [0, 0.1) is 5.82 Å². The van der Waals surface area contributed by atoms with Crippen molar-refractivity contribution in [3.63, 3.8) is 0 Å². The van der Waals surface area contributed by atoms with Crippen molar-refractivity contribution in [2.24, 2.45) is 5.73 Å². The number of benzene rings is 1. The van der Waals surface area contributed by atoms with Crippen molar-refractivity contribution in [3.8, 4) is 17.2 Å². The number of amides is 1. The van der Waals surface area contributed by atoms with Gasteiger partial charge in [-0.05, 0) is 50.9 Å². The van der Waals surface area contributed by atoms with Crippen LogP contribution in [0.5, 0.6) is 0 Å². The van der Waals surface area contributed by atoms with Crippen LogP contribution in [-0.4, -0.2) is 38.5 Å². The number of hydrogen-bond acceptors (Lipinski definition) is 9. The van der Waals surface area contributed by atoms with Crippen molar-refractivity contribution in [3.05, 3.63) is 39.0 Å². The van der Waals surface area contributed by atoms with Gasteiger partial charge in [0.1, 0.15) is 5.82 Å². The standard InChI is InChI=1S/C14H11BrFN5O5S/c15-8-6-7(2-3-9(8)16)21-11(19-25-14(21)23)10-12(20-26-18-10)27-5-1-4-24-13(17)22/h2-3,6H,1,4-5H2,(H2,17,22). The molecule has 0 saturated carbocycles. The molecule has 0 aliphatic rings. The molecular formula is C14H11BrFN5O5S. The molecule has 0 bridgehead atoms. The third kappa shape index (κ3) is 4.36. The minimum absolute atomic E-state index is 0.0515. The first-order valence-electron chi connectivity index (χ1n) is 7.39. The number of nitrogens with zero attached hydrogens (tertiary/aromatic N) is 4. The molecular weight excluding hydrogens is 449 g/mol. The molecule has 2 aromatic heterocycles. The summed E-state index contributed by atoms with van der Waals surface area (Å²) in [5.74, 6) is -0.700. The van der Waals surface area contributed by atoms with Crippen LogP contribution in [-0.2, 0) is 4.74 Å². The van der Waals surface area contributed by atoms with Crippen LogP contribution < -0.4 is 11.5 Å². The van der Waals surface area contributed by atoms with Gasteiger partial charge in [0, 0.05) is 5.75 Å². The van der Waals surface area contributed by atoms with Crippen LogP contribution in [0.1, 0.15) is 6.42 Å². The van der Waals surface area contributed by atoms with E-state index in [0.29, 0.717) is 22.9 Å². The normalized spacial score (nSPS) is 10.9. The SMILES string of the molecule is NC(=O)OCCCSc1nonc1-c1noc(=O)n1-c1ccc(F)c(Br)c1. The summed E-state index contributed by atoms with van der Waals surface area (Å²) in [6.45, 7) is 0.154. The summed E-state index contributed by atoms with van der Waals surface area (Å²) in [6, 6.07) is 3.99. The van der Waals surface area contributed by atoms with Gasteiger partial charge < -0.3 is 10.5 Å². The van der Waals surface area contributed by atoms with E-state index in [2.05, 4.69) is 36.1 Å². The number of halogens is 2. The molecule has 2 N–H and O–H groups in total. The third-order valence-electron chi connectivity index (χ3n) is 3.21. The molecule has 0 unspecified atom stereocenters. The number of thioether (sulfide) groups is 1. The van der Waals surface area contributed by atoms with Crippen LogP contribution in [0.2, 0.25) is 0 Å². The smallest absolute Gasteiger partial charge is 0.446 e. The summed E-state index contributed by atoms with van der Waals surface area (Å²) >= 11 is 4.32. The van der Waals surface area contributed by atoms with E-state index in [1.54, 1.807) is 0 Å². The van der Waals surface area contributed by atoms with E-state index in [1.807, 2.05) is 0 Å². The van der Waals surface area contributed by atoms with Crippen LogP contribution >= 0.6 is 27.7 Å². The maximum absolute atomic E-state index is 13.5. The van der Waals surface area contributed by atoms with Crippen molar-refractivity contribution < 1.29 is 23.1 Å². The van der Waals surface area contributed by atoms with E-state index in [0.717, 1.165) is 4.57 Å². The fourth-order valence-electron chi connectivity index (χ4n) is 2.06. The Bertz CT molecular complexity index is 1020. The second-order valence-corrected chi connectivity index (χ2v) is 6.93. The Balaban J connectivity index is 1.84. The van der Waals surface area contributed by atoms with Gasteiger partial charge in [0.15, 0.2) is 10.7 Å². The number of carbonyl (C=O) groups is 1. The number of primary amides is 1. The Morgan fingerprint density at radius 1 is 1.37 bits per heavy atom. The van der Waals surface area contributed by atoms with Crippen molar-refractivity contribution >= 4 is 33.8 Å². The zero-order chi connectivity index (χ0) is 19.4. The maximum atomic E-state index is 13.5. The highest BCUT2D eigenvalue weighted by Crippen LogP contribution is 2.29. The average Bonchev–Trinajstić information content (AvgIpc) is 3.23. The molecule has 2 heterocycles. The number of carbonyl (C=O) groups excluding carboxylic acids is 1. The highest BCUT2D eigenvalue weighted by atomic mass is 79.9. The molecule has 3 aromatic rings. The van der Waals surface area contributed by atoms with Gasteiger partial charge in [-0.3, -0.25) is 4.52 Å². The Morgan fingerprint density at radius 3 is 2.93 bits per heavy atom. The molecule has 3 rings (SSSR count). The summed E-state index contributed by atoms with van der Waals surface area (Å²) in [6.07, 6.45) is -0.336. The number of rotatable bonds is 7. The topological polar surface area (TPSA) is 139 Å². The van der Waals surface area contributed by atoms with Crippen LogP contribution in [0.4, 0.5) is 9.18 Å². The van der Waals surface area contributed by atoms with E-state index in [4.69, 9.17) is 14.9 Å². The summed E-state index contributed by atoms with van der Waals surface area (Å²) in [5.41, 5.74) is 5.38. The molecule has 0 atom stereocenters. The first-order chi connectivity index (χ1) is 13.0. The molecule has 0 spiro atoms. The molecule has 1 aromatic carbocycles. The number of nitrogens with two attached hydrogens (primary N) is 1. The van der Waals surface area contributed by atoms with Crippen LogP contribution in [0.25, 0.3) is 17.2 Å². The fraction of sp³-hybridized carbons (Fsp3) is 0.214. The van der Waals surface area contributed by atoms with Crippen molar-refractivity contribution in [1.82, 2.24) is 20.0 Å². The Morgan fingerprint density at radius 2 is 2.19 bits per heavy atom. The first kappa shape index (κ1) is 19.1. The summed E-state index contributed by atoms with van der Waals surface area (Å²) < 4.78 is 28.9. The molecule has 0 fully saturated rings. The number of aromatic nitrogens is 4. The molecule has 0 aliphatic carbocycles. The minimum atomic E-state index is -0.846. The highest BCUT2D eigenvalue weighted by molar-refractivity contribution is 9.10. The van der Waals surface area contributed by atoms with E-state index in [9.17, 15) is 14.0 Å². The molecule has 0 radical (unpaired) electrons. The van der Waals surface area contributed by atoms with Gasteiger partial charge in [-0.25, -0.2) is 23.2 Å². The minimum Gasteiger partial charge on any atom is -0.450 e. The third-order valence-corrected chi connectivity index (χ3v) is 4.85. The van der Waals surface area contributed by atoms with Crippen LogP contribution in [0.15, 0.2) is 41.6 Å². The van der Waals surface area contributed by atoms with Gasteiger partial charge in [0.05, 0.1) is 16.8 Å². The van der Waals surface area contributed by atoms with Crippen molar-refractivity contribution in [2.45, 2.75) is 11.4 Å². The summed E-state index contributed by atoms with van der Waals surface area (Å²) in [4.78, 5) is 22.6. The quantitative estimate of drug-likeness (QED) is 0.416. The second kappa shape index (κ2) is 8.35. The second-order valence-electron chi connectivity index (χ2n) is 4.99. The molecule has 10 nitrogen and oxygen atoms in total. The molecule has 0 aliphatic heterocycles. The number of hydrogen-bond donors (Lipinski definition) is 1. The van der Waals surface area contributed by atoms with Gasteiger partial charge in [-0.2, -0.15) is 0 Å². The molecule has 27 heavy (non-hydrogen) atoms. The predicted molar refractivity (Wildman–Crippen MR) is 93.9 cm³/mol.